The lowest BCUT2D eigenvalue weighted by Crippen LogP contribution is -2.49. The lowest BCUT2D eigenvalue weighted by Gasteiger charge is -2.22. The van der Waals surface area contributed by atoms with Crippen molar-refractivity contribution in [2.75, 3.05) is 26.0 Å². The summed E-state index contributed by atoms with van der Waals surface area (Å²) in [7, 11) is 3.00. The van der Waals surface area contributed by atoms with Crippen LogP contribution in [0.3, 0.4) is 0 Å². The number of urea groups is 1. The number of hydrogen-bond donors (Lipinski definition) is 3. The highest BCUT2D eigenvalue weighted by molar-refractivity contribution is 6.42. The maximum atomic E-state index is 12.0. The molecule has 0 spiro atoms. The lowest BCUT2D eigenvalue weighted by molar-refractivity contribution is -0.125. The summed E-state index contributed by atoms with van der Waals surface area (Å²) in [4.78, 5) is 36.4. The number of nitrogens with one attached hydrogen (secondary N) is 3. The average molecular weight is 361 g/mol. The highest BCUT2D eigenvalue weighted by atomic mass is 35.5. The molecule has 1 aromatic rings. The van der Waals surface area contributed by atoms with Crippen LogP contribution in [-0.4, -0.2) is 49.4 Å². The van der Waals surface area contributed by atoms with Crippen LogP contribution in [0.1, 0.15) is 6.92 Å². The molecule has 4 amide bonds. The smallest absolute Gasteiger partial charge is 0.321 e. The minimum Gasteiger partial charge on any atom is -0.341 e. The summed E-state index contributed by atoms with van der Waals surface area (Å²) in [5.74, 6) is -0.834. The molecule has 1 atom stereocenters. The molecule has 23 heavy (non-hydrogen) atoms. The van der Waals surface area contributed by atoms with Crippen molar-refractivity contribution in [3.63, 3.8) is 0 Å². The first-order valence-corrected chi connectivity index (χ1v) is 7.48. The molecule has 1 rings (SSSR count). The molecule has 7 nitrogen and oxygen atoms in total. The summed E-state index contributed by atoms with van der Waals surface area (Å²) in [5.41, 5.74) is 0.500. The van der Waals surface area contributed by atoms with Gasteiger partial charge in [0.15, 0.2) is 0 Å². The van der Waals surface area contributed by atoms with Gasteiger partial charge in [-0.25, -0.2) is 4.79 Å². The topological polar surface area (TPSA) is 90.5 Å². The Morgan fingerprint density at radius 2 is 1.87 bits per heavy atom. The van der Waals surface area contributed by atoms with Gasteiger partial charge in [0, 0.05) is 12.7 Å². The Bertz CT molecular complexity index is 610. The monoisotopic (exact) mass is 360 g/mol. The number of anilines is 1. The van der Waals surface area contributed by atoms with E-state index in [1.54, 1.807) is 26.1 Å². The number of hydrogen-bond acceptors (Lipinski definition) is 4. The van der Waals surface area contributed by atoms with Crippen LogP contribution in [0, 0.1) is 0 Å². The third kappa shape index (κ3) is 6.05. The predicted octanol–water partition coefficient (Wildman–Crippen LogP) is 1.71. The van der Waals surface area contributed by atoms with Gasteiger partial charge in [0.25, 0.3) is 0 Å². The molecule has 0 unspecified atom stereocenters. The Balaban J connectivity index is 2.56. The number of halogens is 2. The van der Waals surface area contributed by atoms with E-state index in [0.717, 1.165) is 0 Å². The largest absolute Gasteiger partial charge is 0.341 e. The molecule has 3 N–H and O–H groups in total. The van der Waals surface area contributed by atoms with Crippen molar-refractivity contribution in [2.45, 2.75) is 13.0 Å². The summed E-state index contributed by atoms with van der Waals surface area (Å²) in [6.07, 6.45) is 0. The van der Waals surface area contributed by atoms with Gasteiger partial charge in [-0.2, -0.15) is 0 Å². The molecule has 0 bridgehead atoms. The number of rotatable bonds is 5. The molecule has 0 fully saturated rings. The van der Waals surface area contributed by atoms with E-state index in [2.05, 4.69) is 16.0 Å². The van der Waals surface area contributed by atoms with Crippen molar-refractivity contribution in [3.05, 3.63) is 28.2 Å². The zero-order valence-corrected chi connectivity index (χ0v) is 14.5. The van der Waals surface area contributed by atoms with Gasteiger partial charge in [0.1, 0.15) is 0 Å². The molecular weight excluding hydrogens is 343 g/mol. The number of carbonyl (C=O) groups excluding carboxylic acids is 3. The van der Waals surface area contributed by atoms with Crippen LogP contribution in [0.4, 0.5) is 10.5 Å². The second-order valence-electron chi connectivity index (χ2n) is 4.84. The second-order valence-corrected chi connectivity index (χ2v) is 5.65. The molecule has 0 saturated carbocycles. The van der Waals surface area contributed by atoms with Crippen LogP contribution in [0.15, 0.2) is 18.2 Å². The highest BCUT2D eigenvalue weighted by Gasteiger charge is 2.21. The average Bonchev–Trinajstić information content (AvgIpc) is 2.49. The van der Waals surface area contributed by atoms with Crippen molar-refractivity contribution in [3.8, 4) is 0 Å². The molecule has 0 aliphatic carbocycles. The molecule has 0 aromatic heterocycles. The maximum absolute atomic E-state index is 12.0. The number of likely N-dealkylation sites (N-methyl/N-ethyl adjacent to an activating group) is 1. The molecule has 126 valence electrons. The van der Waals surface area contributed by atoms with Crippen LogP contribution in [0.5, 0.6) is 0 Å². The Kier molecular flexibility index (Phi) is 7.28. The maximum Gasteiger partial charge on any atom is 0.321 e. The molecule has 0 radical (unpaired) electrons. The molecule has 0 heterocycles. The van der Waals surface area contributed by atoms with Crippen LogP contribution in [-0.2, 0) is 9.59 Å². The van der Waals surface area contributed by atoms with E-state index in [4.69, 9.17) is 23.2 Å². The fourth-order valence-electron chi connectivity index (χ4n) is 1.62. The highest BCUT2D eigenvalue weighted by Crippen LogP contribution is 2.24. The van der Waals surface area contributed by atoms with E-state index in [1.165, 1.54) is 18.0 Å². The number of amides is 4. The summed E-state index contributed by atoms with van der Waals surface area (Å²) in [6.45, 7) is 1.55. The standard InChI is InChI=1S/C14H18Cl2N4O3/c1-8(13(22)19-14(23)17-2)20(3)7-12(21)18-9-4-5-10(15)11(16)6-9/h4-6,8H,7H2,1-3H3,(H,18,21)(H2,17,19,22,23)/t8-/m0/s1. The van der Waals surface area contributed by atoms with Crippen LogP contribution < -0.4 is 16.0 Å². The molecule has 1 aromatic carbocycles. The molecule has 9 heteroatoms. The third-order valence-corrected chi connectivity index (χ3v) is 3.84. The van der Waals surface area contributed by atoms with Crippen LogP contribution >= 0.6 is 23.2 Å². The number of carbonyl (C=O) groups is 3. The summed E-state index contributed by atoms with van der Waals surface area (Å²) < 4.78 is 0. The first-order valence-electron chi connectivity index (χ1n) is 6.72. The van der Waals surface area contributed by atoms with Gasteiger partial charge in [-0.05, 0) is 32.2 Å². The SMILES string of the molecule is CNC(=O)NC(=O)[C@H](C)N(C)CC(=O)Nc1ccc(Cl)c(Cl)c1. The zero-order valence-electron chi connectivity index (χ0n) is 12.9. The van der Waals surface area contributed by atoms with Gasteiger partial charge < -0.3 is 10.6 Å². The minimum atomic E-state index is -0.660. The van der Waals surface area contributed by atoms with E-state index in [-0.39, 0.29) is 12.5 Å². The van der Waals surface area contributed by atoms with Gasteiger partial charge in [-0.1, -0.05) is 23.2 Å². The minimum absolute atomic E-state index is 0.0391. The van der Waals surface area contributed by atoms with E-state index in [9.17, 15) is 14.4 Å². The first-order chi connectivity index (χ1) is 10.7. The van der Waals surface area contributed by atoms with Crippen LogP contribution in [0.25, 0.3) is 0 Å². The van der Waals surface area contributed by atoms with Crippen molar-refractivity contribution >= 4 is 46.7 Å². The van der Waals surface area contributed by atoms with E-state index >= 15 is 0 Å². The summed E-state index contributed by atoms with van der Waals surface area (Å²) in [5, 5.41) is 7.81. The van der Waals surface area contributed by atoms with E-state index in [0.29, 0.717) is 15.7 Å². The summed E-state index contributed by atoms with van der Waals surface area (Å²) >= 11 is 11.7. The molecule has 0 saturated heterocycles. The Labute approximate surface area is 144 Å². The molecular formula is C14H18Cl2N4O3. The lowest BCUT2D eigenvalue weighted by atomic mass is 10.2. The van der Waals surface area contributed by atoms with Crippen molar-refractivity contribution in [1.82, 2.24) is 15.5 Å². The second kappa shape index (κ2) is 8.71. The van der Waals surface area contributed by atoms with Crippen molar-refractivity contribution in [1.29, 1.82) is 0 Å². The predicted molar refractivity (Wildman–Crippen MR) is 89.8 cm³/mol. The quantitative estimate of drug-likeness (QED) is 0.745. The van der Waals surface area contributed by atoms with Crippen molar-refractivity contribution < 1.29 is 14.4 Å². The van der Waals surface area contributed by atoms with Gasteiger partial charge >= 0.3 is 6.03 Å². The normalized spacial score (nSPS) is 11.7. The number of nitrogens with zero attached hydrogens (tertiary/aromatic N) is 1. The fraction of sp³-hybridized carbons (Fsp3) is 0.357. The molecule has 0 aliphatic rings. The van der Waals surface area contributed by atoms with Gasteiger partial charge in [-0.15, -0.1) is 0 Å². The summed E-state index contributed by atoms with van der Waals surface area (Å²) in [6, 6.07) is 3.46. The van der Waals surface area contributed by atoms with E-state index < -0.39 is 18.0 Å². The Morgan fingerprint density at radius 1 is 1.22 bits per heavy atom. The Morgan fingerprint density at radius 3 is 2.43 bits per heavy atom. The fourth-order valence-corrected chi connectivity index (χ4v) is 1.91. The molecule has 0 aliphatic heterocycles. The van der Waals surface area contributed by atoms with Gasteiger partial charge in [-0.3, -0.25) is 19.8 Å². The first kappa shape index (κ1) is 19.2. The Hall–Kier alpha value is -1.83. The van der Waals surface area contributed by atoms with Gasteiger partial charge in [0.2, 0.25) is 11.8 Å². The van der Waals surface area contributed by atoms with Crippen molar-refractivity contribution in [2.24, 2.45) is 0 Å². The van der Waals surface area contributed by atoms with E-state index in [1.807, 2.05) is 0 Å². The third-order valence-electron chi connectivity index (χ3n) is 3.10. The number of imide groups is 1. The number of benzene rings is 1. The zero-order chi connectivity index (χ0) is 17.6. The van der Waals surface area contributed by atoms with Crippen LogP contribution in [0.2, 0.25) is 10.0 Å². The van der Waals surface area contributed by atoms with Gasteiger partial charge in [0.05, 0.1) is 22.6 Å².